The largest absolute Gasteiger partial charge is 0.311 e. The highest BCUT2D eigenvalue weighted by molar-refractivity contribution is 9.10. The Morgan fingerprint density at radius 3 is 2.75 bits per heavy atom. The van der Waals surface area contributed by atoms with Crippen molar-refractivity contribution in [2.45, 2.75) is 20.4 Å². The minimum atomic E-state index is -0.334. The molecule has 0 aliphatic rings. The van der Waals surface area contributed by atoms with Crippen LogP contribution < -0.4 is 5.32 Å². The summed E-state index contributed by atoms with van der Waals surface area (Å²) in [5.74, 6) is 0. The normalized spacial score (nSPS) is 11.2. The Balaban J connectivity index is 2.53. The first kappa shape index (κ1) is 13.5. The Bertz CT molecular complexity index is 410. The van der Waals surface area contributed by atoms with Crippen LogP contribution in [0.4, 0.5) is 0 Å². The zero-order valence-corrected chi connectivity index (χ0v) is 11.7. The SMILES string of the molecule is CC(C)(C#N)CNCc1ccc(Cl)cc1Br. The second kappa shape index (κ2) is 5.67. The van der Waals surface area contributed by atoms with Gasteiger partial charge in [-0.25, -0.2) is 0 Å². The van der Waals surface area contributed by atoms with E-state index in [1.807, 2.05) is 32.0 Å². The number of hydrogen-bond donors (Lipinski definition) is 1. The van der Waals surface area contributed by atoms with E-state index in [1.165, 1.54) is 0 Å². The molecule has 0 spiro atoms. The number of nitrogens with one attached hydrogen (secondary N) is 1. The lowest BCUT2D eigenvalue weighted by atomic mass is 9.96. The van der Waals surface area contributed by atoms with E-state index in [4.69, 9.17) is 16.9 Å². The van der Waals surface area contributed by atoms with Gasteiger partial charge in [0.15, 0.2) is 0 Å². The summed E-state index contributed by atoms with van der Waals surface area (Å²) < 4.78 is 0.988. The zero-order valence-electron chi connectivity index (χ0n) is 9.35. The minimum Gasteiger partial charge on any atom is -0.311 e. The van der Waals surface area contributed by atoms with Crippen molar-refractivity contribution in [2.75, 3.05) is 6.54 Å². The molecule has 0 atom stereocenters. The van der Waals surface area contributed by atoms with Gasteiger partial charge in [0.2, 0.25) is 0 Å². The number of rotatable bonds is 4. The first-order valence-electron chi connectivity index (χ1n) is 5.00. The van der Waals surface area contributed by atoms with E-state index >= 15 is 0 Å². The maximum atomic E-state index is 8.87. The third-order valence-corrected chi connectivity index (χ3v) is 3.17. The average molecular weight is 302 g/mol. The summed E-state index contributed by atoms with van der Waals surface area (Å²) in [6.07, 6.45) is 0. The highest BCUT2D eigenvalue weighted by atomic mass is 79.9. The van der Waals surface area contributed by atoms with Gasteiger partial charge < -0.3 is 5.32 Å². The fourth-order valence-electron chi connectivity index (χ4n) is 1.21. The van der Waals surface area contributed by atoms with Gasteiger partial charge in [-0.2, -0.15) is 5.26 Å². The fraction of sp³-hybridized carbons (Fsp3) is 0.417. The van der Waals surface area contributed by atoms with Crippen LogP contribution in [0.5, 0.6) is 0 Å². The molecule has 4 heteroatoms. The average Bonchev–Trinajstić information content (AvgIpc) is 2.21. The molecule has 1 aromatic rings. The molecule has 1 aromatic carbocycles. The molecule has 0 heterocycles. The molecule has 16 heavy (non-hydrogen) atoms. The Kier molecular flexibility index (Phi) is 4.79. The Morgan fingerprint density at radius 2 is 2.19 bits per heavy atom. The molecule has 0 amide bonds. The quantitative estimate of drug-likeness (QED) is 0.919. The molecular formula is C12H14BrClN2. The van der Waals surface area contributed by atoms with Crippen LogP contribution in [0.25, 0.3) is 0 Å². The van der Waals surface area contributed by atoms with Crippen LogP contribution in [0.3, 0.4) is 0 Å². The van der Waals surface area contributed by atoms with Crippen molar-refractivity contribution in [2.24, 2.45) is 5.41 Å². The molecule has 2 nitrogen and oxygen atoms in total. The molecule has 1 rings (SSSR count). The first-order chi connectivity index (χ1) is 7.44. The van der Waals surface area contributed by atoms with Gasteiger partial charge in [-0.15, -0.1) is 0 Å². The molecule has 0 aromatic heterocycles. The van der Waals surface area contributed by atoms with E-state index < -0.39 is 0 Å². The molecule has 0 bridgehead atoms. The maximum absolute atomic E-state index is 8.87. The fourth-order valence-corrected chi connectivity index (χ4v) is 2.04. The molecule has 86 valence electrons. The lowest BCUT2D eigenvalue weighted by molar-refractivity contribution is 0.445. The molecular weight excluding hydrogens is 288 g/mol. The predicted octanol–water partition coefficient (Wildman–Crippen LogP) is 3.74. The van der Waals surface area contributed by atoms with Crippen molar-refractivity contribution in [1.29, 1.82) is 5.26 Å². The van der Waals surface area contributed by atoms with Gasteiger partial charge in [0.25, 0.3) is 0 Å². The highest BCUT2D eigenvalue weighted by Gasteiger charge is 2.15. The monoisotopic (exact) mass is 300 g/mol. The molecule has 0 saturated heterocycles. The van der Waals surface area contributed by atoms with Gasteiger partial charge in [-0.05, 0) is 31.5 Å². The third kappa shape index (κ3) is 4.13. The minimum absolute atomic E-state index is 0.334. The van der Waals surface area contributed by atoms with E-state index in [0.717, 1.165) is 16.6 Å². The zero-order chi connectivity index (χ0) is 12.2. The van der Waals surface area contributed by atoms with Crippen molar-refractivity contribution in [3.63, 3.8) is 0 Å². The van der Waals surface area contributed by atoms with Crippen molar-refractivity contribution >= 4 is 27.5 Å². The van der Waals surface area contributed by atoms with Crippen LogP contribution in [0, 0.1) is 16.7 Å². The van der Waals surface area contributed by atoms with E-state index in [9.17, 15) is 0 Å². The molecule has 0 radical (unpaired) electrons. The molecule has 0 saturated carbocycles. The number of halogens is 2. The lowest BCUT2D eigenvalue weighted by Crippen LogP contribution is -2.27. The van der Waals surface area contributed by atoms with Gasteiger partial charge in [-0.1, -0.05) is 33.6 Å². The predicted molar refractivity (Wildman–Crippen MR) is 70.3 cm³/mol. The van der Waals surface area contributed by atoms with E-state index in [-0.39, 0.29) is 5.41 Å². The Morgan fingerprint density at radius 1 is 1.50 bits per heavy atom. The summed E-state index contributed by atoms with van der Waals surface area (Å²) in [7, 11) is 0. The van der Waals surface area contributed by atoms with Crippen LogP contribution in [-0.2, 0) is 6.54 Å². The number of hydrogen-bond acceptors (Lipinski definition) is 2. The van der Waals surface area contributed by atoms with E-state index in [0.29, 0.717) is 11.6 Å². The third-order valence-electron chi connectivity index (χ3n) is 2.20. The smallest absolute Gasteiger partial charge is 0.0697 e. The summed E-state index contributed by atoms with van der Waals surface area (Å²) >= 11 is 9.31. The number of nitrogens with zero attached hydrogens (tertiary/aromatic N) is 1. The van der Waals surface area contributed by atoms with Crippen molar-refractivity contribution in [3.05, 3.63) is 33.3 Å². The molecule has 1 N–H and O–H groups in total. The summed E-state index contributed by atoms with van der Waals surface area (Å²) in [5.41, 5.74) is 0.803. The molecule has 0 aliphatic carbocycles. The van der Waals surface area contributed by atoms with Crippen molar-refractivity contribution in [1.82, 2.24) is 5.32 Å². The van der Waals surface area contributed by atoms with Crippen LogP contribution >= 0.6 is 27.5 Å². The van der Waals surface area contributed by atoms with E-state index in [1.54, 1.807) is 0 Å². The van der Waals surface area contributed by atoms with Crippen molar-refractivity contribution in [3.8, 4) is 6.07 Å². The van der Waals surface area contributed by atoms with Crippen LogP contribution in [-0.4, -0.2) is 6.54 Å². The summed E-state index contributed by atoms with van der Waals surface area (Å²) in [5, 5.41) is 12.8. The molecule has 0 aliphatic heterocycles. The molecule has 0 unspecified atom stereocenters. The first-order valence-corrected chi connectivity index (χ1v) is 6.17. The van der Waals surface area contributed by atoms with Crippen LogP contribution in [0.1, 0.15) is 19.4 Å². The summed E-state index contributed by atoms with van der Waals surface area (Å²) in [6.45, 7) is 5.22. The Labute approximate surface area is 110 Å². The summed E-state index contributed by atoms with van der Waals surface area (Å²) in [4.78, 5) is 0. The van der Waals surface area contributed by atoms with Gasteiger partial charge >= 0.3 is 0 Å². The number of benzene rings is 1. The Hall–Kier alpha value is -0.560. The van der Waals surface area contributed by atoms with Gasteiger partial charge in [0.1, 0.15) is 0 Å². The highest BCUT2D eigenvalue weighted by Crippen LogP contribution is 2.21. The van der Waals surface area contributed by atoms with E-state index in [2.05, 4.69) is 27.3 Å². The van der Waals surface area contributed by atoms with Crippen molar-refractivity contribution < 1.29 is 0 Å². The number of nitriles is 1. The molecule has 0 fully saturated rings. The second-order valence-corrected chi connectivity index (χ2v) is 5.63. The standard InChI is InChI=1S/C12H14BrClN2/c1-12(2,7-15)8-16-6-9-3-4-10(14)5-11(9)13/h3-5,16H,6,8H2,1-2H3. The van der Waals surface area contributed by atoms with Crippen LogP contribution in [0.2, 0.25) is 5.02 Å². The lowest BCUT2D eigenvalue weighted by Gasteiger charge is -2.16. The maximum Gasteiger partial charge on any atom is 0.0697 e. The van der Waals surface area contributed by atoms with Gasteiger partial charge in [0.05, 0.1) is 11.5 Å². The second-order valence-electron chi connectivity index (χ2n) is 4.33. The van der Waals surface area contributed by atoms with Crippen LogP contribution in [0.15, 0.2) is 22.7 Å². The summed E-state index contributed by atoms with van der Waals surface area (Å²) in [6, 6.07) is 7.96. The topological polar surface area (TPSA) is 35.8 Å². The van der Waals surface area contributed by atoms with Gasteiger partial charge in [-0.3, -0.25) is 0 Å². The van der Waals surface area contributed by atoms with Gasteiger partial charge in [0, 0.05) is 22.6 Å².